The van der Waals surface area contributed by atoms with Crippen molar-refractivity contribution < 1.29 is 42.5 Å². The Morgan fingerprint density at radius 1 is 0.887 bits per heavy atom. The Balaban J connectivity index is 0.953. The molecule has 8 rings (SSSR count). The maximum Gasteiger partial charge on any atom is 0.416 e. The average molecular weight is 865 g/mol. The lowest BCUT2D eigenvalue weighted by Gasteiger charge is -2.44. The molecular formula is C48H60N4O9Si. The molecule has 1 saturated carbocycles. The lowest BCUT2D eigenvalue weighted by atomic mass is 9.94. The largest absolute Gasteiger partial charge is 0.493 e. The fraction of sp³-hybridized carbons (Fsp3) is 0.500. The number of anilines is 1. The van der Waals surface area contributed by atoms with E-state index in [9.17, 15) is 14.4 Å². The van der Waals surface area contributed by atoms with Crippen LogP contribution < -0.4 is 23.8 Å². The van der Waals surface area contributed by atoms with Crippen LogP contribution >= 0.6 is 0 Å². The number of methoxy groups -OCH3 is 2. The van der Waals surface area contributed by atoms with Crippen LogP contribution in [0.4, 0.5) is 16.2 Å². The first-order chi connectivity index (χ1) is 29.7. The number of amides is 3. The number of hydrogen-bond donors (Lipinski definition) is 0. The Morgan fingerprint density at radius 3 is 2.18 bits per heavy atom. The van der Waals surface area contributed by atoms with E-state index in [1.54, 1.807) is 43.4 Å². The third kappa shape index (κ3) is 8.30. The molecular weight excluding hydrogens is 805 g/mol. The molecule has 2 fully saturated rings. The molecule has 0 unspecified atom stereocenters. The van der Waals surface area contributed by atoms with Crippen LogP contribution in [0.1, 0.15) is 91.1 Å². The van der Waals surface area contributed by atoms with Crippen LogP contribution in [0.2, 0.25) is 18.1 Å². The number of carbonyl (C=O) groups excluding carboxylic acids is 3. The second kappa shape index (κ2) is 17.1. The SMILES string of the molecule is C=CCOC(=O)N1c2cc(OCCCCCOc3cc4c(cc3OC)C(=O)N3Cc5ccccc5C[C@H]3C=N4)c(OC)cc2C(=O)N2CC3(CC3)C[C@H]2[C@@H]1O[Si](C)(C)C(C)(C)C. The Bertz CT molecular complexity index is 2270. The lowest BCUT2D eigenvalue weighted by molar-refractivity contribution is 0.0528. The van der Waals surface area contributed by atoms with Crippen LogP contribution in [-0.2, 0) is 22.1 Å². The van der Waals surface area contributed by atoms with E-state index in [0.717, 1.165) is 44.1 Å². The van der Waals surface area contributed by atoms with E-state index in [1.807, 2.05) is 28.1 Å². The molecule has 14 heteroatoms. The number of rotatable bonds is 14. The van der Waals surface area contributed by atoms with Gasteiger partial charge in [0.15, 0.2) is 37.5 Å². The zero-order valence-corrected chi connectivity index (χ0v) is 38.2. The fourth-order valence-electron chi connectivity index (χ4n) is 8.85. The van der Waals surface area contributed by atoms with Crippen molar-refractivity contribution in [3.05, 3.63) is 83.4 Å². The Hall–Kier alpha value is -5.34. The van der Waals surface area contributed by atoms with Gasteiger partial charge in [-0.3, -0.25) is 14.6 Å². The highest BCUT2D eigenvalue weighted by molar-refractivity contribution is 6.74. The molecule has 62 heavy (non-hydrogen) atoms. The van der Waals surface area contributed by atoms with Crippen LogP contribution in [-0.4, -0.2) is 101 Å². The molecule has 330 valence electrons. The molecule has 0 aromatic heterocycles. The number of hydrogen-bond acceptors (Lipinski definition) is 10. The first kappa shape index (κ1) is 43.3. The van der Waals surface area contributed by atoms with E-state index in [2.05, 4.69) is 52.6 Å². The second-order valence-corrected chi connectivity index (χ2v) is 23.5. The van der Waals surface area contributed by atoms with Crippen LogP contribution in [0.3, 0.4) is 0 Å². The molecule has 1 aliphatic carbocycles. The minimum absolute atomic E-state index is 0.00858. The zero-order chi connectivity index (χ0) is 44.0. The van der Waals surface area contributed by atoms with E-state index in [-0.39, 0.29) is 41.0 Å². The van der Waals surface area contributed by atoms with E-state index >= 15 is 0 Å². The highest BCUT2D eigenvalue weighted by atomic mass is 28.4. The fourth-order valence-corrected chi connectivity index (χ4v) is 10.1. The van der Waals surface area contributed by atoms with Crippen LogP contribution in [0.15, 0.2) is 66.2 Å². The number of unbranched alkanes of at least 4 members (excludes halogenated alkanes) is 2. The van der Waals surface area contributed by atoms with Crippen molar-refractivity contribution in [2.75, 3.05) is 45.5 Å². The molecule has 0 bridgehead atoms. The molecule has 1 spiro atoms. The smallest absolute Gasteiger partial charge is 0.416 e. The summed E-state index contributed by atoms with van der Waals surface area (Å²) in [7, 11) is 0.630. The minimum atomic E-state index is -2.49. The third-order valence-electron chi connectivity index (χ3n) is 13.6. The molecule has 4 heterocycles. The van der Waals surface area contributed by atoms with Gasteiger partial charge in [-0.2, -0.15) is 0 Å². The summed E-state index contributed by atoms with van der Waals surface area (Å²) in [5.41, 5.74) is 4.21. The van der Waals surface area contributed by atoms with Crippen molar-refractivity contribution in [1.82, 2.24) is 9.80 Å². The summed E-state index contributed by atoms with van der Waals surface area (Å²) in [4.78, 5) is 52.6. The number of ether oxygens (including phenoxy) is 5. The topological polar surface area (TPSA) is 129 Å². The van der Waals surface area contributed by atoms with Gasteiger partial charge in [-0.25, -0.2) is 9.69 Å². The van der Waals surface area contributed by atoms with Gasteiger partial charge in [0.25, 0.3) is 11.8 Å². The van der Waals surface area contributed by atoms with E-state index in [4.69, 9.17) is 33.1 Å². The van der Waals surface area contributed by atoms with Crippen molar-refractivity contribution in [1.29, 1.82) is 0 Å². The molecule has 3 amide bonds. The van der Waals surface area contributed by atoms with Gasteiger partial charge in [0.1, 0.15) is 6.61 Å². The molecule has 3 aromatic rings. The molecule has 5 aliphatic rings. The summed E-state index contributed by atoms with van der Waals surface area (Å²) < 4.78 is 37.0. The third-order valence-corrected chi connectivity index (χ3v) is 18.1. The summed E-state index contributed by atoms with van der Waals surface area (Å²) in [6, 6.07) is 14.7. The number of fused-ring (bicyclic) bond motifs is 5. The Labute approximate surface area is 366 Å². The van der Waals surface area contributed by atoms with Gasteiger partial charge >= 0.3 is 6.09 Å². The van der Waals surface area contributed by atoms with Gasteiger partial charge in [0, 0.05) is 31.4 Å². The summed E-state index contributed by atoms with van der Waals surface area (Å²) in [6.07, 6.45) is 7.81. The Kier molecular flexibility index (Phi) is 11.9. The minimum Gasteiger partial charge on any atom is -0.493 e. The van der Waals surface area contributed by atoms with Crippen molar-refractivity contribution in [3.8, 4) is 23.0 Å². The molecule has 3 aromatic carbocycles. The van der Waals surface area contributed by atoms with Gasteiger partial charge in [-0.15, -0.1) is 0 Å². The predicted molar refractivity (Wildman–Crippen MR) is 240 cm³/mol. The highest BCUT2D eigenvalue weighted by Crippen LogP contribution is 2.58. The van der Waals surface area contributed by atoms with E-state index < -0.39 is 20.6 Å². The molecule has 4 aliphatic heterocycles. The monoisotopic (exact) mass is 864 g/mol. The van der Waals surface area contributed by atoms with Gasteiger partial charge in [0.2, 0.25) is 0 Å². The van der Waals surface area contributed by atoms with E-state index in [0.29, 0.717) is 78.2 Å². The summed E-state index contributed by atoms with van der Waals surface area (Å²) in [6.45, 7) is 16.5. The Morgan fingerprint density at radius 2 is 1.53 bits per heavy atom. The van der Waals surface area contributed by atoms with Gasteiger partial charge in [-0.1, -0.05) is 57.7 Å². The summed E-state index contributed by atoms with van der Waals surface area (Å²) in [5, 5.41) is -0.157. The van der Waals surface area contributed by atoms with Crippen molar-refractivity contribution in [2.24, 2.45) is 10.4 Å². The maximum absolute atomic E-state index is 14.5. The van der Waals surface area contributed by atoms with Gasteiger partial charge in [0.05, 0.1) is 62.0 Å². The maximum atomic E-state index is 14.5. The van der Waals surface area contributed by atoms with Gasteiger partial charge in [-0.05, 0) is 91.8 Å². The number of aliphatic imine (C=N–C) groups is 1. The molecule has 3 atom stereocenters. The second-order valence-electron chi connectivity index (χ2n) is 18.8. The summed E-state index contributed by atoms with van der Waals surface area (Å²) >= 11 is 0. The van der Waals surface area contributed by atoms with Crippen molar-refractivity contribution in [3.63, 3.8) is 0 Å². The average Bonchev–Trinajstić information content (AvgIpc) is 3.95. The quantitative estimate of drug-likeness (QED) is 0.0886. The number of nitrogens with zero attached hydrogens (tertiary/aromatic N) is 4. The van der Waals surface area contributed by atoms with Crippen LogP contribution in [0.25, 0.3) is 0 Å². The molecule has 1 saturated heterocycles. The normalized spacial score (nSPS) is 20.9. The van der Waals surface area contributed by atoms with Gasteiger partial charge < -0.3 is 37.9 Å². The van der Waals surface area contributed by atoms with Crippen molar-refractivity contribution in [2.45, 2.75) is 109 Å². The molecule has 13 nitrogen and oxygen atoms in total. The molecule has 0 N–H and O–H groups in total. The lowest BCUT2D eigenvalue weighted by Crippen LogP contribution is -2.58. The first-order valence-corrected chi connectivity index (χ1v) is 24.8. The summed E-state index contributed by atoms with van der Waals surface area (Å²) in [5.74, 6) is 1.58. The molecule has 0 radical (unpaired) electrons. The first-order valence-electron chi connectivity index (χ1n) is 21.8. The zero-order valence-electron chi connectivity index (χ0n) is 37.2. The van der Waals surface area contributed by atoms with Crippen molar-refractivity contribution >= 4 is 43.8 Å². The van der Waals surface area contributed by atoms with E-state index in [1.165, 1.54) is 11.6 Å². The van der Waals surface area contributed by atoms with Crippen LogP contribution in [0.5, 0.6) is 23.0 Å². The number of carbonyl (C=O) groups is 3. The number of benzene rings is 3. The predicted octanol–water partition coefficient (Wildman–Crippen LogP) is 9.10. The highest BCUT2D eigenvalue weighted by Gasteiger charge is 2.59. The standard InChI is InChI=1S/C48H60N4O9Si/c1-9-19-60-46(55)52-37-26-42(40(57-6)24-35(37)44(54)51-30-48(17-18-48)27-38(51)45(52)61-62(7,8)47(2,3)4)59-21-14-10-13-20-58-41-25-36-34(23-39(41)56-5)43(53)50-29-32-16-12-11-15-31(32)22-33(50)28-49-36/h9,11-12,15-16,23-26,28,33,38,45H,1,10,13-14,17-22,27,29-30H2,2-8H3/t33-,38-,45-/m0/s1. The van der Waals surface area contributed by atoms with Crippen LogP contribution in [0, 0.1) is 5.41 Å².